The number of rotatable bonds is 4. The Morgan fingerprint density at radius 2 is 1.96 bits per heavy atom. The monoisotopic (exact) mass is 357 g/mol. The minimum Gasteiger partial charge on any atom is -0.337 e. The molecule has 0 saturated carbocycles. The molecular weight excluding hydrogens is 334 g/mol. The molecule has 1 aliphatic rings. The normalized spacial score (nSPS) is 17.6. The molecule has 1 atom stereocenters. The number of ketones is 1. The largest absolute Gasteiger partial charge is 0.337 e. The second kappa shape index (κ2) is 7.44. The summed E-state index contributed by atoms with van der Waals surface area (Å²) in [6.07, 6.45) is 3.69. The van der Waals surface area contributed by atoms with E-state index in [9.17, 15) is 9.59 Å². The first-order valence-corrected chi connectivity index (χ1v) is 9.70. The number of carbonyl (C=O) groups is 2. The van der Waals surface area contributed by atoms with Gasteiger partial charge in [0.05, 0.1) is 0 Å². The van der Waals surface area contributed by atoms with Crippen molar-refractivity contribution in [2.75, 3.05) is 19.3 Å². The number of aromatic nitrogens is 2. The van der Waals surface area contributed by atoms with E-state index in [1.165, 1.54) is 0 Å². The van der Waals surface area contributed by atoms with Gasteiger partial charge in [-0.3, -0.25) is 14.3 Å². The number of hydrogen-bond acceptors (Lipinski definition) is 4. The molecule has 1 aromatic heterocycles. The number of thioether (sulfide) groups is 1. The molecule has 0 N–H and O–H groups in total. The van der Waals surface area contributed by atoms with E-state index in [1.807, 2.05) is 44.5 Å². The lowest BCUT2D eigenvalue weighted by Crippen LogP contribution is -2.42. The molecule has 1 fully saturated rings. The highest BCUT2D eigenvalue weighted by Crippen LogP contribution is 2.23. The number of hydrogen-bond donors (Lipinski definition) is 0. The molecule has 1 saturated heterocycles. The lowest BCUT2D eigenvalue weighted by molar-refractivity contribution is 0.0631. The van der Waals surface area contributed by atoms with Gasteiger partial charge in [-0.1, -0.05) is 12.1 Å². The minimum absolute atomic E-state index is 0.0843. The summed E-state index contributed by atoms with van der Waals surface area (Å²) in [5.41, 5.74) is 2.13. The molecule has 25 heavy (non-hydrogen) atoms. The maximum atomic E-state index is 12.8. The third kappa shape index (κ3) is 3.79. The summed E-state index contributed by atoms with van der Waals surface area (Å²) in [5.74, 6) is -0.0936. The fraction of sp³-hybridized carbons (Fsp3) is 0.421. The Morgan fingerprint density at radius 1 is 1.24 bits per heavy atom. The summed E-state index contributed by atoms with van der Waals surface area (Å²) in [7, 11) is 1.83. The molecule has 5 nitrogen and oxygen atoms in total. The van der Waals surface area contributed by atoms with Gasteiger partial charge in [-0.25, -0.2) is 0 Å². The number of aryl methyl sites for hydroxylation is 2. The summed E-state index contributed by atoms with van der Waals surface area (Å²) in [5, 5.41) is 4.27. The fourth-order valence-electron chi connectivity index (χ4n) is 3.19. The average Bonchev–Trinajstić information content (AvgIpc) is 2.99. The Labute approximate surface area is 152 Å². The molecule has 0 unspecified atom stereocenters. The van der Waals surface area contributed by atoms with Crippen molar-refractivity contribution in [3.63, 3.8) is 0 Å². The number of carbonyl (C=O) groups excluding carboxylic acids is 2. The molecule has 1 aromatic carbocycles. The van der Waals surface area contributed by atoms with Crippen LogP contribution in [0.2, 0.25) is 0 Å². The van der Waals surface area contributed by atoms with Crippen LogP contribution in [-0.4, -0.2) is 45.7 Å². The van der Waals surface area contributed by atoms with Crippen molar-refractivity contribution in [2.45, 2.75) is 24.7 Å². The summed E-state index contributed by atoms with van der Waals surface area (Å²) in [4.78, 5) is 28.4. The zero-order valence-electron chi connectivity index (χ0n) is 14.9. The molecule has 2 heterocycles. The smallest absolute Gasteiger partial charge is 0.274 e. The van der Waals surface area contributed by atoms with Gasteiger partial charge in [-0.15, -0.1) is 11.8 Å². The van der Waals surface area contributed by atoms with E-state index >= 15 is 0 Å². The van der Waals surface area contributed by atoms with Gasteiger partial charge in [0.25, 0.3) is 5.91 Å². The summed E-state index contributed by atoms with van der Waals surface area (Å²) in [6.45, 7) is 3.08. The van der Waals surface area contributed by atoms with Crippen LogP contribution in [0, 0.1) is 12.8 Å². The predicted octanol–water partition coefficient (Wildman–Crippen LogP) is 3.19. The quantitative estimate of drug-likeness (QED) is 0.623. The van der Waals surface area contributed by atoms with Crippen LogP contribution in [0.15, 0.2) is 35.2 Å². The van der Waals surface area contributed by atoms with Gasteiger partial charge < -0.3 is 4.90 Å². The molecule has 0 aliphatic carbocycles. The molecular formula is C19H23N3O2S. The molecule has 1 aliphatic heterocycles. The summed E-state index contributed by atoms with van der Waals surface area (Å²) in [6, 6.07) is 9.52. The second-order valence-electron chi connectivity index (χ2n) is 6.48. The van der Waals surface area contributed by atoms with Crippen LogP contribution in [0.4, 0.5) is 0 Å². The maximum absolute atomic E-state index is 12.8. The number of benzene rings is 1. The van der Waals surface area contributed by atoms with Crippen LogP contribution < -0.4 is 0 Å². The van der Waals surface area contributed by atoms with Crippen molar-refractivity contribution < 1.29 is 9.59 Å². The van der Waals surface area contributed by atoms with Crippen molar-refractivity contribution in [1.82, 2.24) is 14.7 Å². The molecule has 0 radical (unpaired) electrons. The highest BCUT2D eigenvalue weighted by Gasteiger charge is 2.30. The van der Waals surface area contributed by atoms with Crippen molar-refractivity contribution >= 4 is 23.5 Å². The van der Waals surface area contributed by atoms with Gasteiger partial charge in [-0.2, -0.15) is 5.10 Å². The lowest BCUT2D eigenvalue weighted by atomic mass is 9.90. The van der Waals surface area contributed by atoms with E-state index in [0.29, 0.717) is 18.8 Å². The molecule has 3 rings (SSSR count). The molecule has 0 spiro atoms. The highest BCUT2D eigenvalue weighted by molar-refractivity contribution is 7.98. The van der Waals surface area contributed by atoms with Crippen LogP contribution in [0.5, 0.6) is 0 Å². The van der Waals surface area contributed by atoms with Crippen LogP contribution >= 0.6 is 11.8 Å². The average molecular weight is 357 g/mol. The third-order valence-corrected chi connectivity index (χ3v) is 5.53. The van der Waals surface area contributed by atoms with Crippen molar-refractivity contribution in [3.8, 4) is 0 Å². The first-order chi connectivity index (χ1) is 12.0. The van der Waals surface area contributed by atoms with Crippen molar-refractivity contribution in [3.05, 3.63) is 47.3 Å². The Hall–Kier alpha value is -2.08. The van der Waals surface area contributed by atoms with Crippen LogP contribution in [0.3, 0.4) is 0 Å². The standard InChI is InChI=1S/C19H23N3O2S/c1-13-11-17(20-21(13)2)19(24)22-10-4-5-15(12-22)18(23)14-6-8-16(25-3)9-7-14/h6-9,11,15H,4-5,10,12H2,1-3H3/t15-/m0/s1. The number of likely N-dealkylation sites (tertiary alicyclic amines) is 1. The van der Waals surface area contributed by atoms with E-state index in [4.69, 9.17) is 0 Å². The molecule has 2 aromatic rings. The Morgan fingerprint density at radius 3 is 2.56 bits per heavy atom. The third-order valence-electron chi connectivity index (χ3n) is 4.79. The molecule has 1 amide bonds. The zero-order valence-corrected chi connectivity index (χ0v) is 15.7. The van der Waals surface area contributed by atoms with Gasteiger partial charge in [0.2, 0.25) is 0 Å². The van der Waals surface area contributed by atoms with Crippen molar-refractivity contribution in [2.24, 2.45) is 13.0 Å². The Kier molecular flexibility index (Phi) is 5.27. The maximum Gasteiger partial charge on any atom is 0.274 e. The van der Waals surface area contributed by atoms with Crippen LogP contribution in [-0.2, 0) is 7.05 Å². The van der Waals surface area contributed by atoms with Gasteiger partial charge in [0, 0.05) is 42.2 Å². The lowest BCUT2D eigenvalue weighted by Gasteiger charge is -2.31. The Bertz CT molecular complexity index is 763. The summed E-state index contributed by atoms with van der Waals surface area (Å²) < 4.78 is 1.70. The SMILES string of the molecule is CSc1ccc(C(=O)[C@H]2CCCN(C(=O)c3cc(C)n(C)n3)C2)cc1. The van der Waals surface area contributed by atoms with Gasteiger partial charge in [-0.05, 0) is 44.2 Å². The number of piperidine rings is 1. The van der Waals surface area contributed by atoms with Gasteiger partial charge >= 0.3 is 0 Å². The molecule has 6 heteroatoms. The van der Waals surface area contributed by atoms with Crippen molar-refractivity contribution in [1.29, 1.82) is 0 Å². The van der Waals surface area contributed by atoms with E-state index in [-0.39, 0.29) is 17.6 Å². The van der Waals surface area contributed by atoms with Crippen LogP contribution in [0.1, 0.15) is 39.4 Å². The fourth-order valence-corrected chi connectivity index (χ4v) is 3.60. The molecule has 0 bridgehead atoms. The van der Waals surface area contributed by atoms with Gasteiger partial charge in [0.15, 0.2) is 11.5 Å². The van der Waals surface area contributed by atoms with Crippen LogP contribution in [0.25, 0.3) is 0 Å². The number of amides is 1. The van der Waals surface area contributed by atoms with E-state index < -0.39 is 0 Å². The second-order valence-corrected chi connectivity index (χ2v) is 7.36. The van der Waals surface area contributed by atoms with E-state index in [1.54, 1.807) is 27.4 Å². The Balaban J connectivity index is 1.71. The van der Waals surface area contributed by atoms with E-state index in [0.717, 1.165) is 29.0 Å². The predicted molar refractivity (Wildman–Crippen MR) is 99.1 cm³/mol. The number of Topliss-reactive ketones (excluding diaryl/α,β-unsaturated/α-hetero) is 1. The van der Waals surface area contributed by atoms with Gasteiger partial charge in [0.1, 0.15) is 0 Å². The number of nitrogens with zero attached hydrogens (tertiary/aromatic N) is 3. The minimum atomic E-state index is -0.136. The zero-order chi connectivity index (χ0) is 18.0. The highest BCUT2D eigenvalue weighted by atomic mass is 32.2. The topological polar surface area (TPSA) is 55.2 Å². The first kappa shape index (κ1) is 17.7. The van der Waals surface area contributed by atoms with E-state index in [2.05, 4.69) is 5.10 Å². The molecule has 132 valence electrons. The summed E-state index contributed by atoms with van der Waals surface area (Å²) >= 11 is 1.66. The first-order valence-electron chi connectivity index (χ1n) is 8.47.